The molecule has 1 heterocycles. The van der Waals surface area contributed by atoms with E-state index in [9.17, 15) is 9.59 Å². The molecule has 0 radical (unpaired) electrons. The van der Waals surface area contributed by atoms with Crippen molar-refractivity contribution >= 4 is 17.6 Å². The smallest absolute Gasteiger partial charge is 0.321 e. The Balaban J connectivity index is 1.09. The molecule has 6 nitrogen and oxygen atoms in total. The molecule has 1 aliphatic heterocycles. The van der Waals surface area contributed by atoms with E-state index in [1.54, 1.807) is 0 Å². The molecule has 5 aliphatic rings. The number of rotatable bonds is 4. The molecule has 1 aromatic carbocycles. The zero-order valence-electron chi connectivity index (χ0n) is 19.0. The van der Waals surface area contributed by atoms with Gasteiger partial charge < -0.3 is 10.2 Å². The Morgan fingerprint density at radius 1 is 0.968 bits per heavy atom. The van der Waals surface area contributed by atoms with Crippen molar-refractivity contribution < 1.29 is 9.59 Å². The van der Waals surface area contributed by atoms with Crippen LogP contribution in [0.2, 0.25) is 0 Å². The van der Waals surface area contributed by atoms with Crippen LogP contribution < -0.4 is 15.5 Å². The number of urea groups is 1. The summed E-state index contributed by atoms with van der Waals surface area (Å²) in [5.41, 5.74) is 3.87. The van der Waals surface area contributed by atoms with Crippen LogP contribution in [0.15, 0.2) is 18.2 Å². The molecule has 168 valence electrons. The first-order chi connectivity index (χ1) is 14.9. The molecule has 0 spiro atoms. The van der Waals surface area contributed by atoms with Crippen LogP contribution in [0.1, 0.15) is 49.7 Å². The predicted octanol–water partition coefficient (Wildman–Crippen LogP) is 3.22. The minimum Gasteiger partial charge on any atom is -0.369 e. The summed E-state index contributed by atoms with van der Waals surface area (Å²) in [7, 11) is 0. The number of carbonyl (C=O) groups excluding carboxylic acids is 2. The molecule has 3 amide bonds. The monoisotopic (exact) mass is 424 g/mol. The van der Waals surface area contributed by atoms with Crippen LogP contribution in [0.25, 0.3) is 0 Å². The third kappa shape index (κ3) is 4.32. The van der Waals surface area contributed by atoms with Gasteiger partial charge in [0.25, 0.3) is 0 Å². The lowest BCUT2D eigenvalue weighted by atomic mass is 9.53. The highest BCUT2D eigenvalue weighted by molar-refractivity contribution is 5.95. The van der Waals surface area contributed by atoms with E-state index in [1.165, 1.54) is 36.1 Å². The van der Waals surface area contributed by atoms with E-state index in [1.807, 2.05) is 0 Å². The number of aryl methyl sites for hydroxylation is 1. The summed E-state index contributed by atoms with van der Waals surface area (Å²) < 4.78 is 0. The Labute approximate surface area is 185 Å². The van der Waals surface area contributed by atoms with E-state index >= 15 is 0 Å². The van der Waals surface area contributed by atoms with Crippen LogP contribution >= 0.6 is 0 Å². The van der Waals surface area contributed by atoms with Crippen molar-refractivity contribution in [1.29, 1.82) is 0 Å². The standard InChI is InChI=1S/C25H36N4O2/c1-17-4-3-5-22(18(17)2)29-8-6-28(7-9-29)16-23(30)26-24(31)27-25-13-19-10-20(14-25)12-21(11-19)15-25/h3-5,19-21H,6-16H2,1-2H3,(H2,26,27,30,31). The highest BCUT2D eigenvalue weighted by Gasteiger charge is 2.51. The summed E-state index contributed by atoms with van der Waals surface area (Å²) in [4.78, 5) is 29.7. The fourth-order valence-corrected chi connectivity index (χ4v) is 7.13. The third-order valence-corrected chi connectivity index (χ3v) is 8.33. The van der Waals surface area contributed by atoms with Gasteiger partial charge in [-0.15, -0.1) is 0 Å². The summed E-state index contributed by atoms with van der Waals surface area (Å²) in [6.45, 7) is 8.07. The van der Waals surface area contributed by atoms with Gasteiger partial charge in [0.2, 0.25) is 5.91 Å². The fraction of sp³-hybridized carbons (Fsp3) is 0.680. The lowest BCUT2D eigenvalue weighted by Gasteiger charge is -2.56. The summed E-state index contributed by atoms with van der Waals surface area (Å²) >= 11 is 0. The third-order valence-electron chi connectivity index (χ3n) is 8.33. The quantitative estimate of drug-likeness (QED) is 0.779. The fourth-order valence-electron chi connectivity index (χ4n) is 7.13. The highest BCUT2D eigenvalue weighted by Crippen LogP contribution is 2.55. The van der Waals surface area contributed by atoms with Gasteiger partial charge in [0.05, 0.1) is 6.54 Å². The molecule has 4 saturated carbocycles. The van der Waals surface area contributed by atoms with Gasteiger partial charge in [-0.25, -0.2) is 4.79 Å². The maximum Gasteiger partial charge on any atom is 0.321 e. The summed E-state index contributed by atoms with van der Waals surface area (Å²) in [6.07, 6.45) is 7.32. The van der Waals surface area contributed by atoms with E-state index in [0.29, 0.717) is 0 Å². The maximum atomic E-state index is 12.6. The largest absolute Gasteiger partial charge is 0.369 e. The second kappa shape index (κ2) is 8.12. The Kier molecular flexibility index (Phi) is 5.45. The number of piperazine rings is 1. The molecule has 5 fully saturated rings. The van der Waals surface area contributed by atoms with Crippen molar-refractivity contribution in [1.82, 2.24) is 15.5 Å². The lowest BCUT2D eigenvalue weighted by Crippen LogP contribution is -2.62. The second-order valence-electron chi connectivity index (χ2n) is 10.7. The van der Waals surface area contributed by atoms with Crippen LogP contribution in [-0.4, -0.2) is 55.1 Å². The van der Waals surface area contributed by atoms with Crippen LogP contribution in [0.3, 0.4) is 0 Å². The first-order valence-electron chi connectivity index (χ1n) is 12.0. The molecule has 0 unspecified atom stereocenters. The van der Waals surface area contributed by atoms with Crippen LogP contribution in [0.5, 0.6) is 0 Å². The van der Waals surface area contributed by atoms with Gasteiger partial charge in [0.1, 0.15) is 0 Å². The van der Waals surface area contributed by atoms with Gasteiger partial charge >= 0.3 is 6.03 Å². The number of imide groups is 1. The van der Waals surface area contributed by atoms with E-state index in [0.717, 1.165) is 63.2 Å². The number of hydrogen-bond acceptors (Lipinski definition) is 4. The minimum atomic E-state index is -0.291. The molecule has 0 atom stereocenters. The predicted molar refractivity (Wildman–Crippen MR) is 122 cm³/mol. The van der Waals surface area contributed by atoms with E-state index in [4.69, 9.17) is 0 Å². The van der Waals surface area contributed by atoms with Gasteiger partial charge in [-0.3, -0.25) is 15.0 Å². The highest BCUT2D eigenvalue weighted by atomic mass is 16.2. The number of nitrogens with one attached hydrogen (secondary N) is 2. The van der Waals surface area contributed by atoms with Crippen LogP contribution in [0.4, 0.5) is 10.5 Å². The summed E-state index contributed by atoms with van der Waals surface area (Å²) in [5.74, 6) is 2.13. The van der Waals surface area contributed by atoms with Crippen molar-refractivity contribution in [2.45, 2.75) is 57.9 Å². The normalized spacial score (nSPS) is 32.2. The van der Waals surface area contributed by atoms with E-state index in [2.05, 4.69) is 52.5 Å². The number of hydrogen-bond donors (Lipinski definition) is 2. The average Bonchev–Trinajstić information content (AvgIpc) is 2.69. The topological polar surface area (TPSA) is 64.7 Å². The van der Waals surface area contributed by atoms with E-state index < -0.39 is 0 Å². The minimum absolute atomic E-state index is 0.0591. The maximum absolute atomic E-state index is 12.6. The van der Waals surface area contributed by atoms with Crippen LogP contribution in [-0.2, 0) is 4.79 Å². The Hall–Kier alpha value is -2.08. The van der Waals surface area contributed by atoms with E-state index in [-0.39, 0.29) is 24.0 Å². The first kappa shape index (κ1) is 20.8. The van der Waals surface area contributed by atoms with Crippen molar-refractivity contribution in [3.05, 3.63) is 29.3 Å². The molecule has 6 heteroatoms. The zero-order valence-corrected chi connectivity index (χ0v) is 19.0. The van der Waals surface area contributed by atoms with Crippen molar-refractivity contribution in [2.75, 3.05) is 37.6 Å². The first-order valence-corrected chi connectivity index (χ1v) is 12.0. The molecule has 6 rings (SSSR count). The molecular formula is C25H36N4O2. The van der Waals surface area contributed by atoms with Gasteiger partial charge in [0.15, 0.2) is 0 Å². The van der Waals surface area contributed by atoms with Gasteiger partial charge in [-0.1, -0.05) is 12.1 Å². The van der Waals surface area contributed by atoms with Gasteiger partial charge in [-0.2, -0.15) is 0 Å². The van der Waals surface area contributed by atoms with Crippen molar-refractivity contribution in [2.24, 2.45) is 17.8 Å². The number of benzene rings is 1. The van der Waals surface area contributed by atoms with Crippen LogP contribution in [0, 0.1) is 31.6 Å². The molecule has 4 aliphatic carbocycles. The van der Waals surface area contributed by atoms with Crippen molar-refractivity contribution in [3.8, 4) is 0 Å². The Morgan fingerprint density at radius 3 is 2.19 bits per heavy atom. The molecule has 31 heavy (non-hydrogen) atoms. The molecule has 1 saturated heterocycles. The Morgan fingerprint density at radius 2 is 1.58 bits per heavy atom. The molecule has 2 N–H and O–H groups in total. The summed E-state index contributed by atoms with van der Waals surface area (Å²) in [6, 6.07) is 6.15. The number of nitrogens with zero attached hydrogens (tertiary/aromatic N) is 2. The number of amides is 3. The zero-order chi connectivity index (χ0) is 21.6. The Bertz CT molecular complexity index is 824. The molecule has 0 aromatic heterocycles. The molecule has 1 aromatic rings. The molecule has 4 bridgehead atoms. The number of anilines is 1. The molecular weight excluding hydrogens is 388 g/mol. The summed E-state index contributed by atoms with van der Waals surface area (Å²) in [5, 5.41) is 5.85. The SMILES string of the molecule is Cc1cccc(N2CCN(CC(=O)NC(=O)NC34CC5CC(CC(C5)C3)C4)CC2)c1C. The lowest BCUT2D eigenvalue weighted by molar-refractivity contribution is -0.121. The second-order valence-corrected chi connectivity index (χ2v) is 10.7. The van der Waals surface area contributed by atoms with Crippen molar-refractivity contribution in [3.63, 3.8) is 0 Å². The average molecular weight is 425 g/mol. The van der Waals surface area contributed by atoms with Gasteiger partial charge in [0, 0.05) is 37.4 Å². The number of carbonyl (C=O) groups is 2. The van der Waals surface area contributed by atoms with Gasteiger partial charge in [-0.05, 0) is 87.3 Å².